The monoisotopic (exact) mass is 286 g/mol. The van der Waals surface area contributed by atoms with Gasteiger partial charge in [0.25, 0.3) is 5.65 Å². The molecule has 0 saturated carbocycles. The first kappa shape index (κ1) is 12.7. The molecule has 0 fully saturated rings. The Morgan fingerprint density at radius 2 is 1.85 bits per heavy atom. The minimum atomic E-state index is -0.382. The Kier molecular flexibility index (Phi) is 3.16. The first-order chi connectivity index (χ1) is 9.74. The summed E-state index contributed by atoms with van der Waals surface area (Å²) in [4.78, 5) is 11.9. The van der Waals surface area contributed by atoms with Crippen molar-refractivity contribution in [2.75, 3.05) is 5.88 Å². The number of imidazole rings is 1. The highest BCUT2D eigenvalue weighted by Gasteiger charge is 2.25. The molecule has 0 unspecified atom stereocenters. The highest BCUT2D eigenvalue weighted by molar-refractivity contribution is 6.30. The highest BCUT2D eigenvalue weighted by Crippen LogP contribution is 2.22. The largest absolute Gasteiger partial charge is 0.839 e. The second-order valence-electron chi connectivity index (χ2n) is 4.31. The van der Waals surface area contributed by atoms with E-state index in [0.717, 1.165) is 5.69 Å². The molecule has 0 radical (unpaired) electrons. The number of benzene rings is 1. The number of para-hydroxylation sites is 1. The zero-order valence-electron chi connectivity index (χ0n) is 10.5. The van der Waals surface area contributed by atoms with E-state index in [2.05, 4.69) is 0 Å². The lowest BCUT2D eigenvalue weighted by molar-refractivity contribution is -0.516. The summed E-state index contributed by atoms with van der Waals surface area (Å²) in [6.45, 7) is 0. The third-order valence-electron chi connectivity index (χ3n) is 3.11. The van der Waals surface area contributed by atoms with Crippen LogP contribution in [-0.4, -0.2) is 16.2 Å². The lowest BCUT2D eigenvalue weighted by atomic mass is 10.3. The molecule has 3 aromatic rings. The summed E-state index contributed by atoms with van der Waals surface area (Å²) in [7, 11) is 0. The number of alkyl halides is 1. The Bertz CT molecular complexity index is 781. The van der Waals surface area contributed by atoms with Crippen LogP contribution in [0.1, 0.15) is 10.5 Å². The molecule has 2 aromatic heterocycles. The van der Waals surface area contributed by atoms with Gasteiger partial charge in [0.05, 0.1) is 12.1 Å². The first-order valence-electron chi connectivity index (χ1n) is 6.10. The molecule has 0 aliphatic heterocycles. The Hall–Kier alpha value is -2.33. The predicted octanol–water partition coefficient (Wildman–Crippen LogP) is 1.71. The number of Topliss-reactive ketones (excluding diaryl/α,β-unsaturated/α-hetero) is 1. The molecule has 20 heavy (non-hydrogen) atoms. The number of fused-ring (bicyclic) bond motifs is 1. The maximum atomic E-state index is 12.6. The SMILES string of the molecule is O=C(CCl)c1c([O-])n(-c2ccccc2)c2cccc[n+]12. The molecule has 5 heteroatoms. The van der Waals surface area contributed by atoms with Crippen LogP contribution in [0.15, 0.2) is 54.7 Å². The molecule has 0 saturated heterocycles. The molecule has 0 atom stereocenters. The third-order valence-corrected chi connectivity index (χ3v) is 3.36. The normalized spacial score (nSPS) is 10.8. The Balaban J connectivity index is 2.39. The van der Waals surface area contributed by atoms with Crippen LogP contribution < -0.4 is 9.51 Å². The van der Waals surface area contributed by atoms with E-state index in [1.54, 1.807) is 22.7 Å². The maximum absolute atomic E-state index is 12.6. The van der Waals surface area contributed by atoms with E-state index in [4.69, 9.17) is 11.6 Å². The summed E-state index contributed by atoms with van der Waals surface area (Å²) >= 11 is 5.60. The molecule has 0 bridgehead atoms. The third kappa shape index (κ3) is 1.85. The van der Waals surface area contributed by atoms with Crippen molar-refractivity contribution in [2.45, 2.75) is 0 Å². The van der Waals surface area contributed by atoms with Gasteiger partial charge in [0.1, 0.15) is 11.6 Å². The zero-order valence-corrected chi connectivity index (χ0v) is 11.2. The van der Waals surface area contributed by atoms with Crippen molar-refractivity contribution < 1.29 is 14.3 Å². The number of pyridine rings is 1. The number of hydrogen-bond donors (Lipinski definition) is 0. The number of nitrogens with zero attached hydrogens (tertiary/aromatic N) is 2. The van der Waals surface area contributed by atoms with Crippen LogP contribution in [-0.2, 0) is 0 Å². The molecule has 0 spiro atoms. The first-order valence-corrected chi connectivity index (χ1v) is 6.64. The number of carbonyl (C=O) groups is 1. The van der Waals surface area contributed by atoms with E-state index >= 15 is 0 Å². The van der Waals surface area contributed by atoms with Gasteiger partial charge in [0.2, 0.25) is 11.5 Å². The van der Waals surface area contributed by atoms with Gasteiger partial charge in [-0.05, 0) is 18.2 Å². The van der Waals surface area contributed by atoms with Gasteiger partial charge in [-0.1, -0.05) is 24.3 Å². The van der Waals surface area contributed by atoms with Crippen LogP contribution in [0.4, 0.5) is 0 Å². The average Bonchev–Trinajstić information content (AvgIpc) is 2.79. The van der Waals surface area contributed by atoms with E-state index in [1.165, 1.54) is 4.57 Å². The quantitative estimate of drug-likeness (QED) is 0.418. The molecule has 100 valence electrons. The van der Waals surface area contributed by atoms with Gasteiger partial charge in [0, 0.05) is 6.07 Å². The number of halogens is 1. The van der Waals surface area contributed by atoms with Crippen molar-refractivity contribution in [3.05, 3.63) is 60.4 Å². The second kappa shape index (κ2) is 4.98. The van der Waals surface area contributed by atoms with Gasteiger partial charge < -0.3 is 5.11 Å². The fraction of sp³-hybridized carbons (Fsp3) is 0.0667. The van der Waals surface area contributed by atoms with Crippen LogP contribution in [0, 0.1) is 0 Å². The number of aromatic nitrogens is 2. The number of ketones is 1. The number of carbonyl (C=O) groups excluding carboxylic acids is 1. The fourth-order valence-electron chi connectivity index (χ4n) is 2.26. The molecule has 1 aromatic carbocycles. The van der Waals surface area contributed by atoms with Crippen LogP contribution in [0.5, 0.6) is 5.88 Å². The van der Waals surface area contributed by atoms with Crippen molar-refractivity contribution in [2.24, 2.45) is 0 Å². The standard InChI is InChI=1S/C15H11ClN2O2/c16-10-12(19)14-15(20)18(11-6-2-1-3-7-11)13-8-4-5-9-17(13)14/h1-9H,10H2. The van der Waals surface area contributed by atoms with Crippen LogP contribution in [0.2, 0.25) is 0 Å². The van der Waals surface area contributed by atoms with Gasteiger partial charge in [-0.25, -0.2) is 4.57 Å². The minimum absolute atomic E-state index is 0.0828. The summed E-state index contributed by atoms with van der Waals surface area (Å²) in [5, 5.41) is 12.6. The van der Waals surface area contributed by atoms with Crippen LogP contribution in [0.25, 0.3) is 11.3 Å². The Morgan fingerprint density at radius 3 is 2.55 bits per heavy atom. The molecule has 0 aliphatic carbocycles. The summed E-state index contributed by atoms with van der Waals surface area (Å²) in [5.41, 5.74) is 1.44. The van der Waals surface area contributed by atoms with E-state index in [9.17, 15) is 9.90 Å². The summed E-state index contributed by atoms with van der Waals surface area (Å²) in [5.74, 6) is -0.953. The second-order valence-corrected chi connectivity index (χ2v) is 4.58. The summed E-state index contributed by atoms with van der Waals surface area (Å²) in [6, 6.07) is 14.6. The van der Waals surface area contributed by atoms with Crippen molar-refractivity contribution in [3.63, 3.8) is 0 Å². The van der Waals surface area contributed by atoms with Gasteiger partial charge in [-0.2, -0.15) is 4.40 Å². The molecule has 4 nitrogen and oxygen atoms in total. The minimum Gasteiger partial charge on any atom is -0.839 e. The fourth-order valence-corrected chi connectivity index (χ4v) is 2.39. The highest BCUT2D eigenvalue weighted by atomic mass is 35.5. The Labute approximate surface area is 120 Å². The van der Waals surface area contributed by atoms with E-state index in [1.807, 2.05) is 36.4 Å². The summed E-state index contributed by atoms with van der Waals surface area (Å²) in [6.07, 6.45) is 1.69. The lowest BCUT2D eigenvalue weighted by Crippen LogP contribution is -2.28. The molecule has 3 rings (SSSR count). The van der Waals surface area contributed by atoms with Crippen LogP contribution >= 0.6 is 11.6 Å². The smallest absolute Gasteiger partial charge is 0.291 e. The molecule has 0 aliphatic rings. The van der Waals surface area contributed by atoms with Crippen molar-refractivity contribution in [1.82, 2.24) is 4.57 Å². The topological polar surface area (TPSA) is 49.2 Å². The number of hydrogen-bond acceptors (Lipinski definition) is 2. The maximum Gasteiger partial charge on any atom is 0.291 e. The van der Waals surface area contributed by atoms with Gasteiger partial charge >= 0.3 is 0 Å². The van der Waals surface area contributed by atoms with E-state index in [0.29, 0.717) is 5.65 Å². The number of rotatable bonds is 3. The van der Waals surface area contributed by atoms with Crippen molar-refractivity contribution in [3.8, 4) is 11.6 Å². The molecule has 0 amide bonds. The van der Waals surface area contributed by atoms with E-state index in [-0.39, 0.29) is 23.2 Å². The predicted molar refractivity (Wildman–Crippen MR) is 73.4 cm³/mol. The Morgan fingerprint density at radius 1 is 1.15 bits per heavy atom. The average molecular weight is 287 g/mol. The van der Waals surface area contributed by atoms with Gasteiger partial charge in [0.15, 0.2) is 0 Å². The van der Waals surface area contributed by atoms with Crippen molar-refractivity contribution in [1.29, 1.82) is 0 Å². The van der Waals surface area contributed by atoms with E-state index < -0.39 is 0 Å². The lowest BCUT2D eigenvalue weighted by Gasteiger charge is -2.05. The molecule has 0 N–H and O–H groups in total. The molecular formula is C15H11ClN2O2. The molecular weight excluding hydrogens is 276 g/mol. The van der Waals surface area contributed by atoms with Crippen LogP contribution in [0.3, 0.4) is 0 Å². The molecule has 2 heterocycles. The van der Waals surface area contributed by atoms with Crippen molar-refractivity contribution >= 4 is 23.0 Å². The summed E-state index contributed by atoms with van der Waals surface area (Å²) < 4.78 is 3.10. The zero-order chi connectivity index (χ0) is 14.1. The van der Waals surface area contributed by atoms with Gasteiger partial charge in [-0.15, -0.1) is 11.6 Å². The van der Waals surface area contributed by atoms with Gasteiger partial charge in [-0.3, -0.25) is 4.79 Å².